The second-order valence-electron chi connectivity index (χ2n) is 5.91. The van der Waals surface area contributed by atoms with Crippen LogP contribution >= 0.6 is 11.6 Å². The summed E-state index contributed by atoms with van der Waals surface area (Å²) < 4.78 is 1.68. The Bertz CT molecular complexity index is 422. The summed E-state index contributed by atoms with van der Waals surface area (Å²) >= 11 is 6.23. The number of aliphatic hydroxyl groups excluding tert-OH is 1. The van der Waals surface area contributed by atoms with Gasteiger partial charge in [0.25, 0.3) is 0 Å². The van der Waals surface area contributed by atoms with Crippen LogP contribution in [-0.2, 0) is 13.5 Å². The summed E-state index contributed by atoms with van der Waals surface area (Å²) in [6, 6.07) is 0. The number of aryl methyl sites for hydroxylation is 2. The standard InChI is InChI=1S/C14H23ClN2O/c1-10-11(13(15)17(3)16-10)9-12(18)14(2)7-5-4-6-8-14/h12,18H,4-9H2,1-3H3. The molecule has 1 aromatic rings. The highest BCUT2D eigenvalue weighted by molar-refractivity contribution is 6.30. The fraction of sp³-hybridized carbons (Fsp3) is 0.786. The molecule has 0 amide bonds. The molecule has 1 heterocycles. The Hall–Kier alpha value is -0.540. The van der Waals surface area contributed by atoms with Crippen molar-refractivity contribution >= 4 is 11.6 Å². The van der Waals surface area contributed by atoms with E-state index in [1.54, 1.807) is 4.68 Å². The van der Waals surface area contributed by atoms with Gasteiger partial charge in [-0.25, -0.2) is 0 Å². The van der Waals surface area contributed by atoms with Gasteiger partial charge in [0, 0.05) is 19.0 Å². The van der Waals surface area contributed by atoms with Crippen LogP contribution in [0.4, 0.5) is 0 Å². The summed E-state index contributed by atoms with van der Waals surface area (Å²) in [5, 5.41) is 15.5. The lowest BCUT2D eigenvalue weighted by atomic mass is 9.70. The molecular weight excluding hydrogens is 248 g/mol. The maximum atomic E-state index is 10.5. The van der Waals surface area contributed by atoms with Gasteiger partial charge in [-0.1, -0.05) is 37.8 Å². The topological polar surface area (TPSA) is 38.0 Å². The summed E-state index contributed by atoms with van der Waals surface area (Å²) in [5.74, 6) is 0. The highest BCUT2D eigenvalue weighted by Gasteiger charge is 2.35. The van der Waals surface area contributed by atoms with Gasteiger partial charge in [-0.05, 0) is 25.2 Å². The summed E-state index contributed by atoms with van der Waals surface area (Å²) in [4.78, 5) is 0. The Morgan fingerprint density at radius 2 is 2.00 bits per heavy atom. The normalized spacial score (nSPS) is 20.9. The van der Waals surface area contributed by atoms with Gasteiger partial charge < -0.3 is 5.11 Å². The molecule has 0 radical (unpaired) electrons. The van der Waals surface area contributed by atoms with Crippen molar-refractivity contribution in [3.63, 3.8) is 0 Å². The number of hydrogen-bond acceptors (Lipinski definition) is 2. The fourth-order valence-corrected chi connectivity index (χ4v) is 3.29. The molecule has 18 heavy (non-hydrogen) atoms. The summed E-state index contributed by atoms with van der Waals surface area (Å²) in [7, 11) is 1.84. The van der Waals surface area contributed by atoms with E-state index < -0.39 is 0 Å². The summed E-state index contributed by atoms with van der Waals surface area (Å²) in [6.45, 7) is 4.16. The van der Waals surface area contributed by atoms with Crippen molar-refractivity contribution in [1.29, 1.82) is 0 Å². The van der Waals surface area contributed by atoms with Crippen LogP contribution in [0.5, 0.6) is 0 Å². The monoisotopic (exact) mass is 270 g/mol. The first-order valence-corrected chi connectivity index (χ1v) is 7.18. The van der Waals surface area contributed by atoms with E-state index in [4.69, 9.17) is 11.6 Å². The molecule has 1 fully saturated rings. The zero-order valence-electron chi connectivity index (χ0n) is 11.5. The van der Waals surface area contributed by atoms with Crippen LogP contribution in [0.15, 0.2) is 0 Å². The van der Waals surface area contributed by atoms with Crippen molar-refractivity contribution in [3.8, 4) is 0 Å². The zero-order chi connectivity index (χ0) is 13.3. The minimum atomic E-state index is -0.321. The highest BCUT2D eigenvalue weighted by Crippen LogP contribution is 2.40. The van der Waals surface area contributed by atoms with Gasteiger partial charge in [0.05, 0.1) is 11.8 Å². The zero-order valence-corrected chi connectivity index (χ0v) is 12.3. The van der Waals surface area contributed by atoms with Gasteiger partial charge in [0.1, 0.15) is 5.15 Å². The number of hydrogen-bond donors (Lipinski definition) is 1. The highest BCUT2D eigenvalue weighted by atomic mass is 35.5. The molecule has 1 aliphatic carbocycles. The molecule has 1 aromatic heterocycles. The molecular formula is C14H23ClN2O. The third-order valence-corrected chi connectivity index (χ3v) is 4.94. The molecule has 1 unspecified atom stereocenters. The molecule has 0 aliphatic heterocycles. The van der Waals surface area contributed by atoms with Crippen molar-refractivity contribution in [1.82, 2.24) is 9.78 Å². The van der Waals surface area contributed by atoms with E-state index in [0.717, 1.165) is 24.1 Å². The Balaban J connectivity index is 2.13. The van der Waals surface area contributed by atoms with Crippen LogP contribution in [0.1, 0.15) is 50.3 Å². The first-order chi connectivity index (χ1) is 8.44. The van der Waals surface area contributed by atoms with Gasteiger partial charge in [0.2, 0.25) is 0 Å². The van der Waals surface area contributed by atoms with Crippen LogP contribution < -0.4 is 0 Å². The lowest BCUT2D eigenvalue weighted by molar-refractivity contribution is 0.0103. The molecule has 2 rings (SSSR count). The van der Waals surface area contributed by atoms with Gasteiger partial charge >= 0.3 is 0 Å². The summed E-state index contributed by atoms with van der Waals surface area (Å²) in [5.41, 5.74) is 1.98. The molecule has 1 N–H and O–H groups in total. The summed E-state index contributed by atoms with van der Waals surface area (Å²) in [6.07, 6.45) is 6.29. The second-order valence-corrected chi connectivity index (χ2v) is 6.27. The molecule has 3 nitrogen and oxygen atoms in total. The maximum absolute atomic E-state index is 10.5. The van der Waals surface area contributed by atoms with Crippen LogP contribution in [0.2, 0.25) is 5.15 Å². The largest absolute Gasteiger partial charge is 0.392 e. The van der Waals surface area contributed by atoms with Crippen molar-refractivity contribution in [3.05, 3.63) is 16.4 Å². The SMILES string of the molecule is Cc1nn(C)c(Cl)c1CC(O)C1(C)CCCCC1. The first kappa shape index (κ1) is 13.9. The van der Waals surface area contributed by atoms with E-state index >= 15 is 0 Å². The molecule has 1 atom stereocenters. The van der Waals surface area contributed by atoms with Crippen LogP contribution in [0.3, 0.4) is 0 Å². The molecule has 1 saturated carbocycles. The average Bonchev–Trinajstić information content (AvgIpc) is 2.57. The number of nitrogens with zero attached hydrogens (tertiary/aromatic N) is 2. The molecule has 0 aromatic carbocycles. The van der Waals surface area contributed by atoms with Crippen molar-refractivity contribution in [2.24, 2.45) is 12.5 Å². The molecule has 0 spiro atoms. The molecule has 1 aliphatic rings. The third-order valence-electron chi connectivity index (χ3n) is 4.47. The van der Waals surface area contributed by atoms with E-state index in [1.807, 2.05) is 14.0 Å². The van der Waals surface area contributed by atoms with E-state index in [0.29, 0.717) is 11.6 Å². The average molecular weight is 271 g/mol. The predicted molar refractivity (Wildman–Crippen MR) is 73.9 cm³/mol. The number of halogens is 1. The second kappa shape index (κ2) is 5.22. The Labute approximate surface area is 114 Å². The quantitative estimate of drug-likeness (QED) is 0.916. The van der Waals surface area contributed by atoms with Crippen LogP contribution in [0.25, 0.3) is 0 Å². The Kier molecular flexibility index (Phi) is 4.02. The minimum Gasteiger partial charge on any atom is -0.392 e. The molecule has 102 valence electrons. The first-order valence-electron chi connectivity index (χ1n) is 6.80. The lowest BCUT2D eigenvalue weighted by Crippen LogP contribution is -2.36. The minimum absolute atomic E-state index is 0.0455. The van der Waals surface area contributed by atoms with Gasteiger partial charge in [-0.2, -0.15) is 5.10 Å². The Morgan fingerprint density at radius 1 is 1.39 bits per heavy atom. The van der Waals surface area contributed by atoms with Gasteiger partial charge in [-0.3, -0.25) is 4.68 Å². The Morgan fingerprint density at radius 3 is 2.50 bits per heavy atom. The van der Waals surface area contributed by atoms with Crippen LogP contribution in [0, 0.1) is 12.3 Å². The van der Waals surface area contributed by atoms with E-state index in [9.17, 15) is 5.11 Å². The van der Waals surface area contributed by atoms with Crippen molar-refractivity contribution in [2.75, 3.05) is 0 Å². The van der Waals surface area contributed by atoms with Crippen molar-refractivity contribution in [2.45, 2.75) is 58.5 Å². The van der Waals surface area contributed by atoms with Crippen LogP contribution in [-0.4, -0.2) is 21.0 Å². The third kappa shape index (κ3) is 2.57. The molecule has 4 heteroatoms. The van der Waals surface area contributed by atoms with Gasteiger partial charge in [-0.15, -0.1) is 0 Å². The van der Waals surface area contributed by atoms with Crippen molar-refractivity contribution < 1.29 is 5.11 Å². The predicted octanol–water partition coefficient (Wildman–Crippen LogP) is 3.26. The fourth-order valence-electron chi connectivity index (χ4n) is 3.04. The van der Waals surface area contributed by atoms with Gasteiger partial charge in [0.15, 0.2) is 0 Å². The molecule has 0 saturated heterocycles. The van der Waals surface area contributed by atoms with E-state index in [1.165, 1.54) is 19.3 Å². The van der Waals surface area contributed by atoms with E-state index in [2.05, 4.69) is 12.0 Å². The number of aromatic nitrogens is 2. The maximum Gasteiger partial charge on any atom is 0.130 e. The smallest absolute Gasteiger partial charge is 0.130 e. The van der Waals surface area contributed by atoms with E-state index in [-0.39, 0.29) is 11.5 Å². The number of aliphatic hydroxyl groups is 1. The number of rotatable bonds is 3. The molecule has 0 bridgehead atoms. The lowest BCUT2D eigenvalue weighted by Gasteiger charge is -2.38.